The van der Waals surface area contributed by atoms with Crippen LogP contribution < -0.4 is 5.73 Å². The van der Waals surface area contributed by atoms with Gasteiger partial charge in [0, 0.05) is 24.5 Å². The highest BCUT2D eigenvalue weighted by Gasteiger charge is 2.39. The van der Waals surface area contributed by atoms with Crippen LogP contribution in [0.5, 0.6) is 0 Å². The fourth-order valence-corrected chi connectivity index (χ4v) is 1.84. The largest absolute Gasteiger partial charge is 0.338 e. The number of nitrogens with two attached hydrogens (primary N) is 1. The monoisotopic (exact) mass is 168 g/mol. The molecule has 1 amide bonds. The molecule has 3 heteroatoms. The predicted octanol–water partition coefficient (Wildman–Crippen LogP) is 0.344. The average Bonchev–Trinajstić information content (AvgIpc) is 2.82. The lowest BCUT2D eigenvalue weighted by molar-refractivity contribution is -0.133. The zero-order valence-electron chi connectivity index (χ0n) is 7.49. The molecule has 0 bridgehead atoms. The number of rotatable bonds is 1. The zero-order valence-corrected chi connectivity index (χ0v) is 7.49. The van der Waals surface area contributed by atoms with Crippen LogP contribution in [-0.2, 0) is 4.79 Å². The Bertz CT molecular complexity index is 201. The molecule has 3 nitrogen and oxygen atoms in total. The van der Waals surface area contributed by atoms with Crippen LogP contribution >= 0.6 is 0 Å². The van der Waals surface area contributed by atoms with Gasteiger partial charge in [-0.05, 0) is 26.2 Å². The molecule has 2 aliphatic rings. The van der Waals surface area contributed by atoms with E-state index >= 15 is 0 Å². The standard InChI is InChI=1S/C9H16N2O/c1-6-8(10)4-5-11(6)9(12)7-2-3-7/h6-8H,2-5,10H2,1H3. The molecule has 68 valence electrons. The molecule has 0 radical (unpaired) electrons. The molecule has 12 heavy (non-hydrogen) atoms. The predicted molar refractivity (Wildman–Crippen MR) is 46.5 cm³/mol. The van der Waals surface area contributed by atoms with Gasteiger partial charge in [-0.1, -0.05) is 0 Å². The molecular weight excluding hydrogens is 152 g/mol. The van der Waals surface area contributed by atoms with Crippen molar-refractivity contribution >= 4 is 5.91 Å². The number of amides is 1. The summed E-state index contributed by atoms with van der Waals surface area (Å²) in [6, 6.07) is 0.464. The first-order valence-electron chi connectivity index (χ1n) is 4.76. The van der Waals surface area contributed by atoms with Crippen LogP contribution in [0.25, 0.3) is 0 Å². The lowest BCUT2D eigenvalue weighted by atomic mass is 10.1. The van der Waals surface area contributed by atoms with E-state index in [0.29, 0.717) is 11.8 Å². The zero-order chi connectivity index (χ0) is 8.72. The maximum Gasteiger partial charge on any atom is 0.225 e. The van der Waals surface area contributed by atoms with E-state index in [-0.39, 0.29) is 12.1 Å². The Morgan fingerprint density at radius 3 is 2.50 bits per heavy atom. The van der Waals surface area contributed by atoms with Crippen LogP contribution in [0, 0.1) is 5.92 Å². The second-order valence-corrected chi connectivity index (χ2v) is 4.00. The van der Waals surface area contributed by atoms with Crippen LogP contribution in [0.15, 0.2) is 0 Å². The van der Waals surface area contributed by atoms with E-state index in [1.54, 1.807) is 0 Å². The van der Waals surface area contributed by atoms with Crippen molar-refractivity contribution < 1.29 is 4.79 Å². The van der Waals surface area contributed by atoms with Gasteiger partial charge in [-0.2, -0.15) is 0 Å². The SMILES string of the molecule is CC1C(N)CCN1C(=O)C1CC1. The van der Waals surface area contributed by atoms with Crippen molar-refractivity contribution in [1.29, 1.82) is 0 Å². The molecule has 2 atom stereocenters. The van der Waals surface area contributed by atoms with Crippen LogP contribution in [0.4, 0.5) is 0 Å². The number of hydrogen-bond acceptors (Lipinski definition) is 2. The van der Waals surface area contributed by atoms with E-state index in [1.165, 1.54) is 0 Å². The third-order valence-corrected chi connectivity index (χ3v) is 3.02. The number of likely N-dealkylation sites (tertiary alicyclic amines) is 1. The fraction of sp³-hybridized carbons (Fsp3) is 0.889. The van der Waals surface area contributed by atoms with Gasteiger partial charge < -0.3 is 10.6 Å². The number of hydrogen-bond donors (Lipinski definition) is 1. The number of nitrogens with zero attached hydrogens (tertiary/aromatic N) is 1. The van der Waals surface area contributed by atoms with Crippen molar-refractivity contribution in [1.82, 2.24) is 4.90 Å². The van der Waals surface area contributed by atoms with E-state index < -0.39 is 0 Å². The van der Waals surface area contributed by atoms with Gasteiger partial charge in [0.2, 0.25) is 5.91 Å². The number of carbonyl (C=O) groups excluding carboxylic acids is 1. The first-order valence-corrected chi connectivity index (χ1v) is 4.76. The summed E-state index contributed by atoms with van der Waals surface area (Å²) in [7, 11) is 0. The van der Waals surface area contributed by atoms with Crippen molar-refractivity contribution in [3.8, 4) is 0 Å². The Morgan fingerprint density at radius 2 is 2.08 bits per heavy atom. The lowest BCUT2D eigenvalue weighted by Crippen LogP contribution is -2.41. The fourth-order valence-electron chi connectivity index (χ4n) is 1.84. The first kappa shape index (κ1) is 8.05. The van der Waals surface area contributed by atoms with Crippen molar-refractivity contribution in [3.05, 3.63) is 0 Å². The van der Waals surface area contributed by atoms with Gasteiger partial charge in [0.1, 0.15) is 0 Å². The highest BCUT2D eigenvalue weighted by molar-refractivity contribution is 5.81. The van der Waals surface area contributed by atoms with Crippen molar-refractivity contribution in [3.63, 3.8) is 0 Å². The summed E-state index contributed by atoms with van der Waals surface area (Å²) in [5, 5.41) is 0. The molecule has 0 aromatic rings. The van der Waals surface area contributed by atoms with E-state index in [4.69, 9.17) is 5.73 Å². The minimum atomic E-state index is 0.202. The maximum atomic E-state index is 11.6. The smallest absolute Gasteiger partial charge is 0.225 e. The van der Waals surface area contributed by atoms with Gasteiger partial charge in [-0.25, -0.2) is 0 Å². The van der Waals surface area contributed by atoms with Crippen molar-refractivity contribution in [2.75, 3.05) is 6.54 Å². The van der Waals surface area contributed by atoms with Gasteiger partial charge in [-0.15, -0.1) is 0 Å². The molecular formula is C9H16N2O. The molecule has 1 heterocycles. The molecule has 2 fully saturated rings. The molecule has 2 N–H and O–H groups in total. The quantitative estimate of drug-likeness (QED) is 0.614. The molecule has 2 rings (SSSR count). The first-order chi connectivity index (χ1) is 5.70. The van der Waals surface area contributed by atoms with Crippen LogP contribution in [0.3, 0.4) is 0 Å². The normalized spacial score (nSPS) is 35.7. The number of carbonyl (C=O) groups is 1. The summed E-state index contributed by atoms with van der Waals surface area (Å²) in [6.07, 6.45) is 3.16. The lowest BCUT2D eigenvalue weighted by Gasteiger charge is -2.22. The topological polar surface area (TPSA) is 46.3 Å². The Hall–Kier alpha value is -0.570. The molecule has 1 aliphatic heterocycles. The summed E-state index contributed by atoms with van der Waals surface area (Å²) in [5.41, 5.74) is 5.83. The van der Waals surface area contributed by atoms with Crippen molar-refractivity contribution in [2.45, 2.75) is 38.3 Å². The second-order valence-electron chi connectivity index (χ2n) is 4.00. The van der Waals surface area contributed by atoms with Gasteiger partial charge in [-0.3, -0.25) is 4.79 Å². The summed E-state index contributed by atoms with van der Waals surface area (Å²) in [5.74, 6) is 0.688. The molecule has 0 aromatic heterocycles. The molecule has 1 saturated heterocycles. The van der Waals surface area contributed by atoms with E-state index in [0.717, 1.165) is 25.8 Å². The molecule has 0 spiro atoms. The van der Waals surface area contributed by atoms with Gasteiger partial charge in [0.05, 0.1) is 0 Å². The van der Waals surface area contributed by atoms with Gasteiger partial charge in [0.15, 0.2) is 0 Å². The second kappa shape index (κ2) is 2.73. The van der Waals surface area contributed by atoms with Gasteiger partial charge in [0.25, 0.3) is 0 Å². The minimum absolute atomic E-state index is 0.202. The van der Waals surface area contributed by atoms with E-state index in [2.05, 4.69) is 6.92 Å². The Kier molecular flexibility index (Phi) is 1.83. The Morgan fingerprint density at radius 1 is 1.42 bits per heavy atom. The van der Waals surface area contributed by atoms with E-state index in [9.17, 15) is 4.79 Å². The minimum Gasteiger partial charge on any atom is -0.338 e. The average molecular weight is 168 g/mol. The highest BCUT2D eigenvalue weighted by atomic mass is 16.2. The summed E-state index contributed by atoms with van der Waals surface area (Å²) in [4.78, 5) is 13.6. The van der Waals surface area contributed by atoms with Crippen LogP contribution in [0.1, 0.15) is 26.2 Å². The van der Waals surface area contributed by atoms with Crippen molar-refractivity contribution in [2.24, 2.45) is 11.7 Å². The molecule has 1 aliphatic carbocycles. The van der Waals surface area contributed by atoms with Gasteiger partial charge >= 0.3 is 0 Å². The van der Waals surface area contributed by atoms with Crippen LogP contribution in [-0.4, -0.2) is 29.4 Å². The summed E-state index contributed by atoms with van der Waals surface area (Å²) < 4.78 is 0. The molecule has 0 aromatic carbocycles. The highest BCUT2D eigenvalue weighted by Crippen LogP contribution is 2.33. The summed E-state index contributed by atoms with van der Waals surface area (Å²) >= 11 is 0. The maximum absolute atomic E-state index is 11.6. The molecule has 1 saturated carbocycles. The third-order valence-electron chi connectivity index (χ3n) is 3.02. The Balaban J connectivity index is 1.99. The molecule has 2 unspecified atom stereocenters. The summed E-state index contributed by atoms with van der Waals surface area (Å²) in [6.45, 7) is 2.93. The Labute approximate surface area is 72.9 Å². The third kappa shape index (κ3) is 1.22. The van der Waals surface area contributed by atoms with Crippen LogP contribution in [0.2, 0.25) is 0 Å². The van der Waals surface area contributed by atoms with E-state index in [1.807, 2.05) is 4.90 Å².